The lowest BCUT2D eigenvalue weighted by molar-refractivity contribution is -0.384. The molecule has 0 aliphatic rings. The van der Waals surface area contributed by atoms with E-state index in [1.165, 1.54) is 12.1 Å². The van der Waals surface area contributed by atoms with Crippen molar-refractivity contribution in [2.75, 3.05) is 0 Å². The summed E-state index contributed by atoms with van der Waals surface area (Å²) in [5.41, 5.74) is 2.61. The van der Waals surface area contributed by atoms with Crippen molar-refractivity contribution in [3.8, 4) is 11.3 Å². The summed E-state index contributed by atoms with van der Waals surface area (Å²) in [5.74, 6) is 0. The topological polar surface area (TPSA) is 60.4 Å². The first-order valence-electron chi connectivity index (χ1n) is 7.42. The molecule has 0 spiro atoms. The Morgan fingerprint density at radius 1 is 1.00 bits per heavy atom. The number of hydrogen-bond donors (Lipinski definition) is 0. The molecular weight excluding hydrogens is 278 g/mol. The molecule has 0 amide bonds. The summed E-state index contributed by atoms with van der Waals surface area (Å²) in [4.78, 5) is 14.6. The van der Waals surface area contributed by atoms with E-state index in [4.69, 9.17) is 0 Å². The van der Waals surface area contributed by atoms with Crippen molar-refractivity contribution in [3.63, 3.8) is 0 Å². The Balaban J connectivity index is 0.000000561. The maximum absolute atomic E-state index is 10.6. The number of hydrogen-bond acceptors (Lipinski definition) is 3. The van der Waals surface area contributed by atoms with Crippen LogP contribution in [0.2, 0.25) is 0 Å². The number of benzene rings is 1. The molecular formula is C17H21N3O2. The van der Waals surface area contributed by atoms with Gasteiger partial charge in [-0.15, -0.1) is 0 Å². The fraction of sp³-hybridized carbons (Fsp3) is 0.235. The van der Waals surface area contributed by atoms with Crippen molar-refractivity contribution in [1.29, 1.82) is 0 Å². The molecule has 0 unspecified atom stereocenters. The van der Waals surface area contributed by atoms with Crippen LogP contribution in [0.5, 0.6) is 0 Å². The molecule has 22 heavy (non-hydrogen) atoms. The summed E-state index contributed by atoms with van der Waals surface area (Å²) < 4.78 is 1.91. The van der Waals surface area contributed by atoms with Gasteiger partial charge in [-0.25, -0.2) is 4.98 Å². The van der Waals surface area contributed by atoms with Crippen LogP contribution in [0.1, 0.15) is 27.7 Å². The van der Waals surface area contributed by atoms with Gasteiger partial charge >= 0.3 is 0 Å². The SMILES string of the molecule is CC.CC.O=[N+]([O-])c1ccc(-c2cn3ccccc3n2)cc1. The molecule has 0 fully saturated rings. The first-order valence-corrected chi connectivity index (χ1v) is 7.42. The van der Waals surface area contributed by atoms with Gasteiger partial charge in [-0.1, -0.05) is 33.8 Å². The van der Waals surface area contributed by atoms with E-state index in [1.807, 2.05) is 62.7 Å². The maximum atomic E-state index is 10.6. The largest absolute Gasteiger partial charge is 0.306 e. The Bertz CT molecular complexity index is 685. The minimum Gasteiger partial charge on any atom is -0.306 e. The van der Waals surface area contributed by atoms with E-state index < -0.39 is 4.92 Å². The van der Waals surface area contributed by atoms with Crippen LogP contribution in [0.15, 0.2) is 54.9 Å². The van der Waals surface area contributed by atoms with Crippen LogP contribution in [0, 0.1) is 10.1 Å². The third-order valence-corrected chi connectivity index (χ3v) is 2.74. The van der Waals surface area contributed by atoms with Crippen LogP contribution < -0.4 is 0 Å². The summed E-state index contributed by atoms with van der Waals surface area (Å²) in [6, 6.07) is 12.1. The van der Waals surface area contributed by atoms with Crippen molar-refractivity contribution in [3.05, 3.63) is 65.0 Å². The number of fused-ring (bicyclic) bond motifs is 1. The number of rotatable bonds is 2. The van der Waals surface area contributed by atoms with Gasteiger partial charge < -0.3 is 4.40 Å². The van der Waals surface area contributed by atoms with E-state index in [9.17, 15) is 10.1 Å². The Kier molecular flexibility index (Phi) is 6.76. The van der Waals surface area contributed by atoms with Crippen molar-refractivity contribution in [2.24, 2.45) is 0 Å². The van der Waals surface area contributed by atoms with Crippen molar-refractivity contribution >= 4 is 11.3 Å². The zero-order valence-corrected chi connectivity index (χ0v) is 13.4. The molecule has 0 saturated heterocycles. The molecule has 2 heterocycles. The number of nitro groups is 1. The monoisotopic (exact) mass is 299 g/mol. The number of non-ortho nitro benzene ring substituents is 1. The van der Waals surface area contributed by atoms with Gasteiger partial charge in [0.05, 0.1) is 10.6 Å². The molecule has 0 bridgehead atoms. The zero-order chi connectivity index (χ0) is 16.5. The quantitative estimate of drug-likeness (QED) is 0.496. The summed E-state index contributed by atoms with van der Waals surface area (Å²) in [6.07, 6.45) is 3.81. The van der Waals surface area contributed by atoms with Crippen molar-refractivity contribution < 1.29 is 4.92 Å². The lowest BCUT2D eigenvalue weighted by Gasteiger charge is -1.95. The molecule has 3 rings (SSSR count). The molecule has 3 aromatic rings. The molecule has 0 radical (unpaired) electrons. The van der Waals surface area contributed by atoms with Gasteiger partial charge in [0.1, 0.15) is 5.65 Å². The van der Waals surface area contributed by atoms with Crippen LogP contribution in [-0.2, 0) is 0 Å². The number of nitro benzene ring substituents is 1. The molecule has 0 N–H and O–H groups in total. The third kappa shape index (κ3) is 3.91. The fourth-order valence-corrected chi connectivity index (χ4v) is 1.83. The highest BCUT2D eigenvalue weighted by Crippen LogP contribution is 2.21. The van der Waals surface area contributed by atoms with Crippen LogP contribution in [-0.4, -0.2) is 14.3 Å². The Morgan fingerprint density at radius 2 is 1.64 bits per heavy atom. The lowest BCUT2D eigenvalue weighted by atomic mass is 10.1. The first-order chi connectivity index (χ1) is 10.7. The van der Waals surface area contributed by atoms with Crippen LogP contribution in [0.3, 0.4) is 0 Å². The predicted molar refractivity (Wildman–Crippen MR) is 90.0 cm³/mol. The molecule has 116 valence electrons. The standard InChI is InChI=1S/C13H9N3O2.2C2H6/c17-16(18)11-6-4-10(5-7-11)12-9-15-8-2-1-3-13(15)14-12;2*1-2/h1-9H;2*1-2H3. The van der Waals surface area contributed by atoms with Gasteiger partial charge in [-0.2, -0.15) is 0 Å². The van der Waals surface area contributed by atoms with Gasteiger partial charge in [0.2, 0.25) is 0 Å². The zero-order valence-electron chi connectivity index (χ0n) is 13.4. The number of nitrogens with zero attached hydrogens (tertiary/aromatic N) is 3. The number of aromatic nitrogens is 2. The summed E-state index contributed by atoms with van der Waals surface area (Å²) in [5, 5.41) is 10.6. The van der Waals surface area contributed by atoms with Gasteiger partial charge in [0, 0.05) is 30.1 Å². The highest BCUT2D eigenvalue weighted by atomic mass is 16.6. The number of imidazole rings is 1. The summed E-state index contributed by atoms with van der Waals surface area (Å²) >= 11 is 0. The number of pyridine rings is 1. The first kappa shape index (κ1) is 17.4. The normalized spacial score (nSPS) is 9.27. The van der Waals surface area contributed by atoms with E-state index in [-0.39, 0.29) is 5.69 Å². The van der Waals surface area contributed by atoms with Gasteiger partial charge in [0.25, 0.3) is 5.69 Å². The second kappa shape index (κ2) is 8.56. The minimum absolute atomic E-state index is 0.0857. The van der Waals surface area contributed by atoms with Gasteiger partial charge in [-0.3, -0.25) is 10.1 Å². The third-order valence-electron chi connectivity index (χ3n) is 2.74. The highest BCUT2D eigenvalue weighted by molar-refractivity contribution is 5.63. The molecule has 0 saturated carbocycles. The van der Waals surface area contributed by atoms with Crippen LogP contribution >= 0.6 is 0 Å². The maximum Gasteiger partial charge on any atom is 0.269 e. The Morgan fingerprint density at radius 3 is 2.18 bits per heavy atom. The molecule has 2 aromatic heterocycles. The van der Waals surface area contributed by atoms with E-state index in [0.29, 0.717) is 0 Å². The van der Waals surface area contributed by atoms with Gasteiger partial charge in [0.15, 0.2) is 0 Å². The highest BCUT2D eigenvalue weighted by Gasteiger charge is 2.07. The van der Waals surface area contributed by atoms with Crippen LogP contribution in [0.4, 0.5) is 5.69 Å². The second-order valence-corrected chi connectivity index (χ2v) is 3.90. The average molecular weight is 299 g/mol. The van der Waals surface area contributed by atoms with E-state index in [1.54, 1.807) is 12.1 Å². The minimum atomic E-state index is -0.409. The molecule has 1 aromatic carbocycles. The average Bonchev–Trinajstić information content (AvgIpc) is 3.03. The smallest absolute Gasteiger partial charge is 0.269 e. The van der Waals surface area contributed by atoms with E-state index in [2.05, 4.69) is 4.98 Å². The van der Waals surface area contributed by atoms with Crippen molar-refractivity contribution in [1.82, 2.24) is 9.38 Å². The molecule has 0 atom stereocenters. The molecule has 0 aliphatic carbocycles. The van der Waals surface area contributed by atoms with Crippen LogP contribution in [0.25, 0.3) is 16.9 Å². The van der Waals surface area contributed by atoms with E-state index in [0.717, 1.165) is 16.9 Å². The van der Waals surface area contributed by atoms with Crippen molar-refractivity contribution in [2.45, 2.75) is 27.7 Å². The molecule has 5 heteroatoms. The molecule has 5 nitrogen and oxygen atoms in total. The summed E-state index contributed by atoms with van der Waals surface area (Å²) in [7, 11) is 0. The summed E-state index contributed by atoms with van der Waals surface area (Å²) in [6.45, 7) is 8.00. The lowest BCUT2D eigenvalue weighted by Crippen LogP contribution is -1.87. The second-order valence-electron chi connectivity index (χ2n) is 3.90. The Labute approximate surface area is 130 Å². The Hall–Kier alpha value is -2.69. The fourth-order valence-electron chi connectivity index (χ4n) is 1.83. The molecule has 0 aliphatic heterocycles. The van der Waals surface area contributed by atoms with Gasteiger partial charge in [-0.05, 0) is 24.3 Å². The van der Waals surface area contributed by atoms with E-state index >= 15 is 0 Å². The predicted octanol–water partition coefficient (Wildman–Crippen LogP) is 4.96.